The van der Waals surface area contributed by atoms with Crippen molar-refractivity contribution in [1.29, 1.82) is 0 Å². The van der Waals surface area contributed by atoms with Crippen molar-refractivity contribution in [3.63, 3.8) is 0 Å². The predicted octanol–water partition coefficient (Wildman–Crippen LogP) is 2.31. The van der Waals surface area contributed by atoms with E-state index in [4.69, 9.17) is 11.6 Å². The second kappa shape index (κ2) is 3.00. The molecule has 0 atom stereocenters. The van der Waals surface area contributed by atoms with Crippen LogP contribution in [-0.4, -0.2) is 15.0 Å². The lowest BCUT2D eigenvalue weighted by atomic mass is 10.2. The van der Waals surface area contributed by atoms with Crippen molar-refractivity contribution >= 4 is 22.8 Å². The first-order chi connectivity index (χ1) is 6.20. The van der Waals surface area contributed by atoms with Crippen molar-refractivity contribution in [3.8, 4) is 0 Å². The number of halogens is 1. The van der Waals surface area contributed by atoms with Gasteiger partial charge in [0.15, 0.2) is 5.65 Å². The Morgan fingerprint density at radius 1 is 1.38 bits per heavy atom. The Bertz CT molecular complexity index is 447. The van der Waals surface area contributed by atoms with E-state index in [9.17, 15) is 0 Å². The minimum atomic E-state index is 0.398. The lowest BCUT2D eigenvalue weighted by Gasteiger charge is -1.95. The molecule has 2 rings (SSSR count). The number of alkyl halides is 1. The third-order valence-electron chi connectivity index (χ3n) is 1.96. The minimum Gasteiger partial charge on any atom is -0.339 e. The standard InChI is InChI=1S/C9H10ClN3/c1-5-3-6(2)11-9-8(5)12-7(4-10)13-9/h3H,4H2,1-2H3,(H,11,12,13). The van der Waals surface area contributed by atoms with Crippen LogP contribution in [0.1, 0.15) is 17.1 Å². The molecule has 3 nitrogen and oxygen atoms in total. The van der Waals surface area contributed by atoms with Crippen LogP contribution in [0, 0.1) is 13.8 Å². The van der Waals surface area contributed by atoms with E-state index >= 15 is 0 Å². The Morgan fingerprint density at radius 2 is 2.15 bits per heavy atom. The topological polar surface area (TPSA) is 41.6 Å². The fourth-order valence-electron chi connectivity index (χ4n) is 1.42. The number of nitrogens with one attached hydrogen (secondary N) is 1. The van der Waals surface area contributed by atoms with Gasteiger partial charge in [0.25, 0.3) is 0 Å². The summed E-state index contributed by atoms with van der Waals surface area (Å²) in [5.74, 6) is 1.17. The molecule has 13 heavy (non-hydrogen) atoms. The zero-order valence-electron chi connectivity index (χ0n) is 7.56. The zero-order valence-corrected chi connectivity index (χ0v) is 8.31. The van der Waals surface area contributed by atoms with Crippen molar-refractivity contribution in [1.82, 2.24) is 15.0 Å². The number of fused-ring (bicyclic) bond motifs is 1. The molecule has 1 N–H and O–H groups in total. The average molecular weight is 196 g/mol. The molecule has 0 spiro atoms. The minimum absolute atomic E-state index is 0.398. The highest BCUT2D eigenvalue weighted by Crippen LogP contribution is 2.15. The third-order valence-corrected chi connectivity index (χ3v) is 2.22. The van der Waals surface area contributed by atoms with Gasteiger partial charge in [-0.05, 0) is 25.5 Å². The summed E-state index contributed by atoms with van der Waals surface area (Å²) < 4.78 is 0. The van der Waals surface area contributed by atoms with Crippen molar-refractivity contribution in [3.05, 3.63) is 23.1 Å². The van der Waals surface area contributed by atoms with Crippen LogP contribution in [0.15, 0.2) is 6.07 Å². The molecule has 0 fully saturated rings. The summed E-state index contributed by atoms with van der Waals surface area (Å²) >= 11 is 5.67. The summed E-state index contributed by atoms with van der Waals surface area (Å²) in [4.78, 5) is 11.7. The fraction of sp³-hybridized carbons (Fsp3) is 0.333. The second-order valence-electron chi connectivity index (χ2n) is 3.10. The Morgan fingerprint density at radius 3 is 2.85 bits per heavy atom. The number of nitrogens with zero attached hydrogens (tertiary/aromatic N) is 2. The van der Waals surface area contributed by atoms with Crippen LogP contribution < -0.4 is 0 Å². The highest BCUT2D eigenvalue weighted by molar-refractivity contribution is 6.16. The van der Waals surface area contributed by atoms with E-state index in [2.05, 4.69) is 15.0 Å². The number of aromatic amines is 1. The molecule has 4 heteroatoms. The van der Waals surface area contributed by atoms with Crippen LogP contribution in [-0.2, 0) is 5.88 Å². The van der Waals surface area contributed by atoms with Gasteiger partial charge in [0.05, 0.1) is 11.4 Å². The van der Waals surface area contributed by atoms with E-state index in [0.717, 1.165) is 28.2 Å². The molecule has 0 unspecified atom stereocenters. The quantitative estimate of drug-likeness (QED) is 0.710. The van der Waals surface area contributed by atoms with Crippen LogP contribution in [0.25, 0.3) is 11.2 Å². The summed E-state index contributed by atoms with van der Waals surface area (Å²) in [6, 6.07) is 2.03. The van der Waals surface area contributed by atoms with Crippen molar-refractivity contribution in [2.24, 2.45) is 0 Å². The van der Waals surface area contributed by atoms with Crippen LogP contribution >= 0.6 is 11.6 Å². The Balaban J connectivity index is 2.75. The maximum Gasteiger partial charge on any atom is 0.178 e. The molecule has 0 saturated carbocycles. The number of imidazole rings is 1. The molecular weight excluding hydrogens is 186 g/mol. The van der Waals surface area contributed by atoms with Crippen molar-refractivity contribution in [2.75, 3.05) is 0 Å². The highest BCUT2D eigenvalue weighted by atomic mass is 35.5. The number of hydrogen-bond acceptors (Lipinski definition) is 2. The zero-order chi connectivity index (χ0) is 9.42. The van der Waals surface area contributed by atoms with Gasteiger partial charge in [-0.1, -0.05) is 0 Å². The molecule has 0 radical (unpaired) electrons. The third kappa shape index (κ3) is 1.40. The summed E-state index contributed by atoms with van der Waals surface area (Å²) in [6.45, 7) is 3.99. The van der Waals surface area contributed by atoms with Gasteiger partial charge in [0.1, 0.15) is 5.82 Å². The van der Waals surface area contributed by atoms with Gasteiger partial charge in [0.2, 0.25) is 0 Å². The maximum atomic E-state index is 5.67. The Labute approximate surface area is 81.2 Å². The normalized spacial score (nSPS) is 11.0. The first kappa shape index (κ1) is 8.51. The first-order valence-corrected chi connectivity index (χ1v) is 4.63. The van der Waals surface area contributed by atoms with E-state index in [-0.39, 0.29) is 0 Å². The molecule has 0 aliphatic heterocycles. The SMILES string of the molecule is Cc1cc(C)c2[nH]c(CCl)nc2n1. The monoisotopic (exact) mass is 195 g/mol. The lowest BCUT2D eigenvalue weighted by Crippen LogP contribution is -1.85. The molecule has 0 saturated heterocycles. The van der Waals surface area contributed by atoms with Crippen molar-refractivity contribution < 1.29 is 0 Å². The predicted molar refractivity (Wildman–Crippen MR) is 52.9 cm³/mol. The number of pyridine rings is 1. The van der Waals surface area contributed by atoms with E-state index in [0.29, 0.717) is 5.88 Å². The molecule has 2 aromatic heterocycles. The smallest absolute Gasteiger partial charge is 0.178 e. The largest absolute Gasteiger partial charge is 0.339 e. The van der Waals surface area contributed by atoms with Crippen LogP contribution in [0.3, 0.4) is 0 Å². The number of hydrogen-bond donors (Lipinski definition) is 1. The van der Waals surface area contributed by atoms with Gasteiger partial charge >= 0.3 is 0 Å². The van der Waals surface area contributed by atoms with Crippen LogP contribution in [0.5, 0.6) is 0 Å². The maximum absolute atomic E-state index is 5.67. The molecule has 68 valence electrons. The molecule has 2 heterocycles. The summed E-state index contributed by atoms with van der Waals surface area (Å²) in [5, 5.41) is 0. The summed E-state index contributed by atoms with van der Waals surface area (Å²) in [5.41, 5.74) is 3.89. The van der Waals surface area contributed by atoms with E-state index in [1.165, 1.54) is 0 Å². The Hall–Kier alpha value is -1.09. The summed E-state index contributed by atoms with van der Waals surface area (Å²) in [7, 11) is 0. The van der Waals surface area contributed by atoms with E-state index in [1.54, 1.807) is 0 Å². The van der Waals surface area contributed by atoms with Crippen LogP contribution in [0.4, 0.5) is 0 Å². The van der Waals surface area contributed by atoms with Gasteiger partial charge in [-0.15, -0.1) is 11.6 Å². The van der Waals surface area contributed by atoms with Gasteiger partial charge < -0.3 is 4.98 Å². The molecule has 0 aromatic carbocycles. The van der Waals surface area contributed by atoms with Gasteiger partial charge in [-0.3, -0.25) is 0 Å². The number of aromatic nitrogens is 3. The molecule has 0 aliphatic rings. The summed E-state index contributed by atoms with van der Waals surface area (Å²) in [6.07, 6.45) is 0. The molecular formula is C9H10ClN3. The second-order valence-corrected chi connectivity index (χ2v) is 3.36. The van der Waals surface area contributed by atoms with E-state index in [1.807, 2.05) is 19.9 Å². The van der Waals surface area contributed by atoms with Crippen molar-refractivity contribution in [2.45, 2.75) is 19.7 Å². The van der Waals surface area contributed by atoms with Crippen LogP contribution in [0.2, 0.25) is 0 Å². The average Bonchev–Trinajstić information content (AvgIpc) is 2.47. The number of rotatable bonds is 1. The lowest BCUT2D eigenvalue weighted by molar-refractivity contribution is 1.12. The molecule has 0 amide bonds. The van der Waals surface area contributed by atoms with Gasteiger partial charge in [-0.2, -0.15) is 0 Å². The van der Waals surface area contributed by atoms with E-state index < -0.39 is 0 Å². The number of H-pyrrole nitrogens is 1. The molecule has 2 aromatic rings. The van der Waals surface area contributed by atoms with Gasteiger partial charge in [-0.25, -0.2) is 9.97 Å². The highest BCUT2D eigenvalue weighted by Gasteiger charge is 2.05. The first-order valence-electron chi connectivity index (χ1n) is 4.09. The Kier molecular flexibility index (Phi) is 1.96. The van der Waals surface area contributed by atoms with Gasteiger partial charge in [0, 0.05) is 5.69 Å². The molecule has 0 aliphatic carbocycles. The molecule has 0 bridgehead atoms. The fourth-order valence-corrected chi connectivity index (χ4v) is 1.54. The number of aryl methyl sites for hydroxylation is 2.